The van der Waals surface area contributed by atoms with Crippen molar-refractivity contribution < 1.29 is 19.1 Å². The fourth-order valence-corrected chi connectivity index (χ4v) is 2.68. The number of carbonyl (C=O) groups is 2. The van der Waals surface area contributed by atoms with E-state index in [0.717, 1.165) is 38.5 Å². The maximum Gasteiger partial charge on any atom is 0.334 e. The molecule has 4 heteroatoms. The Labute approximate surface area is 115 Å². The highest BCUT2D eigenvalue weighted by molar-refractivity contribution is 6.00. The smallest absolute Gasteiger partial charge is 0.334 e. The fourth-order valence-electron chi connectivity index (χ4n) is 2.68. The SMILES string of the molecule is CCCC/C(C(=O)OC)=C(/C(=O)OC)C1CCCC1. The largest absolute Gasteiger partial charge is 0.466 e. The van der Waals surface area contributed by atoms with E-state index in [0.29, 0.717) is 17.6 Å². The van der Waals surface area contributed by atoms with Gasteiger partial charge < -0.3 is 9.47 Å². The predicted octanol–water partition coefficient (Wildman–Crippen LogP) is 3.01. The van der Waals surface area contributed by atoms with Crippen LogP contribution in [0.15, 0.2) is 11.1 Å². The molecule has 0 aromatic heterocycles. The first-order chi connectivity index (χ1) is 9.15. The van der Waals surface area contributed by atoms with Crippen molar-refractivity contribution in [1.29, 1.82) is 0 Å². The van der Waals surface area contributed by atoms with E-state index in [2.05, 4.69) is 6.92 Å². The zero-order valence-electron chi connectivity index (χ0n) is 12.2. The van der Waals surface area contributed by atoms with Crippen LogP contribution >= 0.6 is 0 Å². The zero-order valence-corrected chi connectivity index (χ0v) is 12.2. The monoisotopic (exact) mass is 268 g/mol. The zero-order chi connectivity index (χ0) is 14.3. The van der Waals surface area contributed by atoms with Crippen molar-refractivity contribution in [2.24, 2.45) is 5.92 Å². The van der Waals surface area contributed by atoms with Gasteiger partial charge in [-0.25, -0.2) is 9.59 Å². The molecule has 0 aromatic carbocycles. The Hall–Kier alpha value is -1.32. The normalized spacial score (nSPS) is 17.0. The van der Waals surface area contributed by atoms with E-state index in [1.165, 1.54) is 14.2 Å². The van der Waals surface area contributed by atoms with E-state index in [1.807, 2.05) is 0 Å². The maximum absolute atomic E-state index is 12.0. The molecule has 0 bridgehead atoms. The van der Waals surface area contributed by atoms with Crippen LogP contribution in [0.25, 0.3) is 0 Å². The molecule has 0 amide bonds. The molecular weight excluding hydrogens is 244 g/mol. The molecule has 1 aliphatic carbocycles. The summed E-state index contributed by atoms with van der Waals surface area (Å²) in [5.74, 6) is -0.609. The molecule has 1 saturated carbocycles. The molecule has 1 aliphatic rings. The lowest BCUT2D eigenvalue weighted by molar-refractivity contribution is -0.140. The maximum atomic E-state index is 12.0. The lowest BCUT2D eigenvalue weighted by atomic mass is 9.90. The van der Waals surface area contributed by atoms with E-state index in [9.17, 15) is 9.59 Å². The first-order valence-corrected chi connectivity index (χ1v) is 7.05. The van der Waals surface area contributed by atoms with Crippen molar-refractivity contribution in [3.05, 3.63) is 11.1 Å². The molecule has 0 unspecified atom stereocenters. The van der Waals surface area contributed by atoms with Crippen molar-refractivity contribution in [1.82, 2.24) is 0 Å². The molecule has 0 heterocycles. The lowest BCUT2D eigenvalue weighted by Crippen LogP contribution is -2.20. The Morgan fingerprint density at radius 3 is 2.11 bits per heavy atom. The van der Waals surface area contributed by atoms with Gasteiger partial charge in [-0.1, -0.05) is 26.2 Å². The third-order valence-electron chi connectivity index (χ3n) is 3.71. The molecule has 0 saturated heterocycles. The third kappa shape index (κ3) is 4.08. The van der Waals surface area contributed by atoms with Crippen LogP contribution in [-0.4, -0.2) is 26.2 Å². The number of esters is 2. The number of methoxy groups -OCH3 is 2. The summed E-state index contributed by atoms with van der Waals surface area (Å²) in [4.78, 5) is 24.0. The average molecular weight is 268 g/mol. The van der Waals surface area contributed by atoms with Crippen molar-refractivity contribution >= 4 is 11.9 Å². The summed E-state index contributed by atoms with van der Waals surface area (Å²) in [6.45, 7) is 2.06. The van der Waals surface area contributed by atoms with Crippen molar-refractivity contribution in [2.75, 3.05) is 14.2 Å². The topological polar surface area (TPSA) is 52.6 Å². The quantitative estimate of drug-likeness (QED) is 0.549. The molecule has 19 heavy (non-hydrogen) atoms. The molecule has 0 aliphatic heterocycles. The van der Waals surface area contributed by atoms with Crippen molar-refractivity contribution in [3.63, 3.8) is 0 Å². The van der Waals surface area contributed by atoms with Gasteiger partial charge in [0.05, 0.1) is 19.8 Å². The van der Waals surface area contributed by atoms with Gasteiger partial charge >= 0.3 is 11.9 Å². The Morgan fingerprint density at radius 2 is 1.63 bits per heavy atom. The minimum absolute atomic E-state index is 0.151. The third-order valence-corrected chi connectivity index (χ3v) is 3.71. The van der Waals surface area contributed by atoms with Crippen LogP contribution in [0, 0.1) is 5.92 Å². The minimum atomic E-state index is -0.388. The minimum Gasteiger partial charge on any atom is -0.466 e. The second-order valence-corrected chi connectivity index (χ2v) is 4.96. The van der Waals surface area contributed by atoms with Gasteiger partial charge in [0.25, 0.3) is 0 Å². The summed E-state index contributed by atoms with van der Waals surface area (Å²) in [5.41, 5.74) is 1.07. The number of ether oxygens (including phenoxy) is 2. The van der Waals surface area contributed by atoms with Crippen LogP contribution in [-0.2, 0) is 19.1 Å². The van der Waals surface area contributed by atoms with E-state index in [4.69, 9.17) is 9.47 Å². The van der Waals surface area contributed by atoms with Gasteiger partial charge in [-0.3, -0.25) is 0 Å². The van der Waals surface area contributed by atoms with Crippen LogP contribution in [0.5, 0.6) is 0 Å². The van der Waals surface area contributed by atoms with Gasteiger partial charge in [0.1, 0.15) is 0 Å². The predicted molar refractivity (Wildman–Crippen MR) is 72.5 cm³/mol. The number of hydrogen-bond donors (Lipinski definition) is 0. The summed E-state index contributed by atoms with van der Waals surface area (Å²) in [7, 11) is 2.73. The van der Waals surface area contributed by atoms with Crippen LogP contribution in [0.2, 0.25) is 0 Å². The number of rotatable bonds is 6. The molecule has 4 nitrogen and oxygen atoms in total. The molecule has 0 radical (unpaired) electrons. The summed E-state index contributed by atoms with van der Waals surface area (Å²) in [6.07, 6.45) is 6.55. The Morgan fingerprint density at radius 1 is 1.05 bits per heavy atom. The number of carbonyl (C=O) groups excluding carboxylic acids is 2. The highest BCUT2D eigenvalue weighted by Crippen LogP contribution is 2.34. The first kappa shape index (κ1) is 15.7. The first-order valence-electron chi connectivity index (χ1n) is 7.05. The van der Waals surface area contributed by atoms with Crippen LogP contribution < -0.4 is 0 Å². The number of hydrogen-bond acceptors (Lipinski definition) is 4. The van der Waals surface area contributed by atoms with Gasteiger partial charge in [-0.05, 0) is 31.6 Å². The second-order valence-electron chi connectivity index (χ2n) is 4.96. The standard InChI is InChI=1S/C15H24O4/c1-4-5-10-12(14(16)18-2)13(15(17)19-3)11-8-6-7-9-11/h11H,4-10H2,1-3H3/b13-12-. The molecular formula is C15H24O4. The van der Waals surface area contributed by atoms with E-state index in [-0.39, 0.29) is 17.9 Å². The van der Waals surface area contributed by atoms with Crippen LogP contribution in [0.1, 0.15) is 51.9 Å². The molecule has 1 rings (SSSR count). The van der Waals surface area contributed by atoms with Crippen LogP contribution in [0.4, 0.5) is 0 Å². The Bertz CT molecular complexity index is 351. The lowest BCUT2D eigenvalue weighted by Gasteiger charge is -2.17. The van der Waals surface area contributed by atoms with Gasteiger partial charge in [0, 0.05) is 5.57 Å². The average Bonchev–Trinajstić information content (AvgIpc) is 2.95. The van der Waals surface area contributed by atoms with E-state index in [1.54, 1.807) is 0 Å². The molecule has 1 fully saturated rings. The van der Waals surface area contributed by atoms with E-state index >= 15 is 0 Å². The van der Waals surface area contributed by atoms with Gasteiger partial charge in [-0.2, -0.15) is 0 Å². The molecule has 0 N–H and O–H groups in total. The Kier molecular flexibility index (Phi) is 6.60. The van der Waals surface area contributed by atoms with E-state index < -0.39 is 0 Å². The van der Waals surface area contributed by atoms with Crippen LogP contribution in [0.3, 0.4) is 0 Å². The van der Waals surface area contributed by atoms with Gasteiger partial charge in [0.2, 0.25) is 0 Å². The van der Waals surface area contributed by atoms with Gasteiger partial charge in [0.15, 0.2) is 0 Å². The highest BCUT2D eigenvalue weighted by atomic mass is 16.5. The second kappa shape index (κ2) is 7.97. The van der Waals surface area contributed by atoms with Gasteiger partial charge in [-0.15, -0.1) is 0 Å². The molecule has 0 aromatic rings. The molecule has 0 spiro atoms. The summed E-state index contributed by atoms with van der Waals surface area (Å²) < 4.78 is 9.72. The molecule has 0 atom stereocenters. The number of unbranched alkanes of at least 4 members (excludes halogenated alkanes) is 1. The summed E-state index contributed by atoms with van der Waals surface area (Å²) >= 11 is 0. The highest BCUT2D eigenvalue weighted by Gasteiger charge is 2.30. The Balaban J connectivity index is 3.12. The molecule has 108 valence electrons. The van der Waals surface area contributed by atoms with Crippen molar-refractivity contribution in [2.45, 2.75) is 51.9 Å². The summed E-state index contributed by atoms with van der Waals surface area (Å²) in [6, 6.07) is 0. The van der Waals surface area contributed by atoms with Crippen molar-refractivity contribution in [3.8, 4) is 0 Å². The summed E-state index contributed by atoms with van der Waals surface area (Å²) in [5, 5.41) is 0. The fraction of sp³-hybridized carbons (Fsp3) is 0.733.